The van der Waals surface area contributed by atoms with Crippen LogP contribution in [-0.2, 0) is 0 Å². The molecule has 86 valence electrons. The van der Waals surface area contributed by atoms with Crippen molar-refractivity contribution in [1.82, 2.24) is 4.98 Å². The molecule has 0 aliphatic rings. The first kappa shape index (κ1) is 12.6. The van der Waals surface area contributed by atoms with E-state index in [0.717, 1.165) is 10.6 Å². The van der Waals surface area contributed by atoms with Gasteiger partial charge in [-0.05, 0) is 58.7 Å². The van der Waals surface area contributed by atoms with E-state index in [-0.39, 0.29) is 0 Å². The number of thiazole rings is 1. The van der Waals surface area contributed by atoms with E-state index >= 15 is 0 Å². The average Bonchev–Trinajstić information content (AvgIpc) is 2.77. The Bertz CT molecular complexity index is 558. The zero-order chi connectivity index (χ0) is 12.3. The number of nitrogens with zero attached hydrogens (tertiary/aromatic N) is 1. The van der Waals surface area contributed by atoms with Gasteiger partial charge in [-0.3, -0.25) is 0 Å². The zero-order valence-electron chi connectivity index (χ0n) is 9.70. The molecular weight excluding hydrogens is 341 g/mol. The molecule has 0 aliphatic carbocycles. The lowest BCUT2D eigenvalue weighted by molar-refractivity contribution is 0.885. The van der Waals surface area contributed by atoms with E-state index < -0.39 is 0 Å². The summed E-state index contributed by atoms with van der Waals surface area (Å²) in [6.07, 6.45) is 1.92. The summed E-state index contributed by atoms with van der Waals surface area (Å²) in [6, 6.07) is 8.19. The number of rotatable bonds is 1. The number of hydrogen-bond donors (Lipinski definition) is 0. The molecule has 0 saturated carbocycles. The molecule has 3 heteroatoms. The smallest absolute Gasteiger partial charge is 0.167 e. The number of hydrogen-bond acceptors (Lipinski definition) is 2. The SMILES string of the molecule is CC(C)c1cnc(C#Cc2ccc(I)cc2)s1. The van der Waals surface area contributed by atoms with Gasteiger partial charge in [0.05, 0.1) is 0 Å². The van der Waals surface area contributed by atoms with Crippen LogP contribution in [0.25, 0.3) is 0 Å². The van der Waals surface area contributed by atoms with Gasteiger partial charge in [0.25, 0.3) is 0 Å². The van der Waals surface area contributed by atoms with E-state index in [1.807, 2.05) is 18.3 Å². The molecule has 2 aromatic rings. The van der Waals surface area contributed by atoms with Crippen molar-refractivity contribution in [2.45, 2.75) is 19.8 Å². The van der Waals surface area contributed by atoms with Crippen LogP contribution in [0.4, 0.5) is 0 Å². The summed E-state index contributed by atoms with van der Waals surface area (Å²) in [7, 11) is 0. The highest BCUT2D eigenvalue weighted by molar-refractivity contribution is 14.1. The third kappa shape index (κ3) is 3.55. The first-order valence-corrected chi connectivity index (χ1v) is 7.28. The minimum atomic E-state index is 0.529. The molecule has 0 saturated heterocycles. The third-order valence-corrected chi connectivity index (χ3v) is 4.18. The summed E-state index contributed by atoms with van der Waals surface area (Å²) in [5.41, 5.74) is 1.03. The average molecular weight is 353 g/mol. The fraction of sp³-hybridized carbons (Fsp3) is 0.214. The molecule has 0 atom stereocenters. The topological polar surface area (TPSA) is 12.9 Å². The molecule has 0 aliphatic heterocycles. The van der Waals surface area contributed by atoms with Crippen LogP contribution in [0, 0.1) is 15.4 Å². The van der Waals surface area contributed by atoms with Crippen molar-refractivity contribution in [3.05, 3.63) is 49.5 Å². The van der Waals surface area contributed by atoms with Crippen molar-refractivity contribution in [2.75, 3.05) is 0 Å². The zero-order valence-corrected chi connectivity index (χ0v) is 12.7. The van der Waals surface area contributed by atoms with Crippen molar-refractivity contribution in [1.29, 1.82) is 0 Å². The van der Waals surface area contributed by atoms with Gasteiger partial charge in [0.2, 0.25) is 0 Å². The number of benzene rings is 1. The second-order valence-corrected chi connectivity index (χ2v) is 6.29. The second kappa shape index (κ2) is 5.65. The van der Waals surface area contributed by atoms with Gasteiger partial charge < -0.3 is 0 Å². The summed E-state index contributed by atoms with van der Waals surface area (Å²) in [4.78, 5) is 5.60. The van der Waals surface area contributed by atoms with E-state index in [2.05, 4.69) is 65.4 Å². The molecular formula is C14H12INS. The molecule has 2 rings (SSSR count). The molecule has 0 fully saturated rings. The summed E-state index contributed by atoms with van der Waals surface area (Å²) in [6.45, 7) is 4.34. The second-order valence-electron chi connectivity index (χ2n) is 3.98. The lowest BCUT2D eigenvalue weighted by Gasteiger charge is -1.94. The summed E-state index contributed by atoms with van der Waals surface area (Å²) < 4.78 is 1.23. The first-order chi connectivity index (χ1) is 8.15. The third-order valence-electron chi connectivity index (χ3n) is 2.25. The largest absolute Gasteiger partial charge is 0.236 e. The fourth-order valence-electron chi connectivity index (χ4n) is 1.27. The maximum Gasteiger partial charge on any atom is 0.167 e. The Labute approximate surface area is 119 Å². The van der Waals surface area contributed by atoms with Crippen LogP contribution in [0.2, 0.25) is 0 Å². The maximum atomic E-state index is 4.31. The summed E-state index contributed by atoms with van der Waals surface area (Å²) in [5.74, 6) is 6.77. The van der Waals surface area contributed by atoms with Gasteiger partial charge in [-0.2, -0.15) is 0 Å². The van der Waals surface area contributed by atoms with E-state index in [9.17, 15) is 0 Å². The summed E-state index contributed by atoms with van der Waals surface area (Å²) in [5, 5.41) is 0.896. The van der Waals surface area contributed by atoms with Crippen LogP contribution in [-0.4, -0.2) is 4.98 Å². The number of halogens is 1. The quantitative estimate of drug-likeness (QED) is 0.551. The number of aromatic nitrogens is 1. The Morgan fingerprint density at radius 1 is 1.18 bits per heavy atom. The Morgan fingerprint density at radius 2 is 1.88 bits per heavy atom. The minimum Gasteiger partial charge on any atom is -0.236 e. The van der Waals surface area contributed by atoms with Gasteiger partial charge in [0, 0.05) is 20.2 Å². The predicted octanol–water partition coefficient (Wildman–Crippen LogP) is 4.27. The Hall–Kier alpha value is -0.860. The van der Waals surface area contributed by atoms with Gasteiger partial charge in [-0.1, -0.05) is 19.8 Å². The lowest BCUT2D eigenvalue weighted by atomic mass is 10.2. The van der Waals surface area contributed by atoms with E-state index in [0.29, 0.717) is 5.92 Å². The van der Waals surface area contributed by atoms with Crippen molar-refractivity contribution < 1.29 is 0 Å². The van der Waals surface area contributed by atoms with E-state index in [4.69, 9.17) is 0 Å². The monoisotopic (exact) mass is 353 g/mol. The van der Waals surface area contributed by atoms with Gasteiger partial charge in [-0.25, -0.2) is 4.98 Å². The molecule has 0 amide bonds. The maximum absolute atomic E-state index is 4.31. The molecule has 0 N–H and O–H groups in total. The molecule has 1 nitrogen and oxygen atoms in total. The first-order valence-electron chi connectivity index (χ1n) is 5.38. The van der Waals surface area contributed by atoms with Crippen molar-refractivity contribution in [2.24, 2.45) is 0 Å². The molecule has 17 heavy (non-hydrogen) atoms. The van der Waals surface area contributed by atoms with E-state index in [1.54, 1.807) is 11.3 Å². The van der Waals surface area contributed by atoms with Gasteiger partial charge in [-0.15, -0.1) is 11.3 Å². The van der Waals surface area contributed by atoms with Crippen LogP contribution >= 0.6 is 33.9 Å². The van der Waals surface area contributed by atoms with Crippen molar-refractivity contribution >= 4 is 33.9 Å². The van der Waals surface area contributed by atoms with Crippen molar-refractivity contribution in [3.8, 4) is 11.8 Å². The predicted molar refractivity (Wildman–Crippen MR) is 81.3 cm³/mol. The Kier molecular flexibility index (Phi) is 4.19. The molecule has 0 spiro atoms. The van der Waals surface area contributed by atoms with Crippen LogP contribution in [0.5, 0.6) is 0 Å². The highest BCUT2D eigenvalue weighted by Gasteiger charge is 2.02. The van der Waals surface area contributed by atoms with Gasteiger partial charge in [0.15, 0.2) is 5.01 Å². The van der Waals surface area contributed by atoms with Crippen molar-refractivity contribution in [3.63, 3.8) is 0 Å². The molecule has 1 heterocycles. The molecule has 0 bridgehead atoms. The normalized spacial score (nSPS) is 10.1. The molecule has 0 unspecified atom stereocenters. The Morgan fingerprint density at radius 3 is 2.47 bits per heavy atom. The standard InChI is InChI=1S/C14H12INS/c1-10(2)13-9-16-14(17-13)8-5-11-3-6-12(15)7-4-11/h3-4,6-7,9-10H,1-2H3. The lowest BCUT2D eigenvalue weighted by Crippen LogP contribution is -1.77. The van der Waals surface area contributed by atoms with Gasteiger partial charge >= 0.3 is 0 Å². The van der Waals surface area contributed by atoms with E-state index in [1.165, 1.54) is 8.45 Å². The molecule has 1 aromatic heterocycles. The highest BCUT2D eigenvalue weighted by Crippen LogP contribution is 2.21. The van der Waals surface area contributed by atoms with Crippen LogP contribution in [0.1, 0.15) is 35.2 Å². The van der Waals surface area contributed by atoms with Crippen LogP contribution < -0.4 is 0 Å². The molecule has 1 aromatic carbocycles. The van der Waals surface area contributed by atoms with Crippen LogP contribution in [0.15, 0.2) is 30.5 Å². The van der Waals surface area contributed by atoms with Crippen LogP contribution in [0.3, 0.4) is 0 Å². The summed E-state index contributed by atoms with van der Waals surface area (Å²) >= 11 is 3.97. The minimum absolute atomic E-state index is 0.529. The molecule has 0 radical (unpaired) electrons. The Balaban J connectivity index is 2.18. The van der Waals surface area contributed by atoms with Gasteiger partial charge in [0.1, 0.15) is 0 Å². The highest BCUT2D eigenvalue weighted by atomic mass is 127. The fourth-order valence-corrected chi connectivity index (χ4v) is 2.40.